The molecule has 0 radical (unpaired) electrons. The van der Waals surface area contributed by atoms with Crippen molar-refractivity contribution < 1.29 is 9.21 Å². The molecule has 1 saturated heterocycles. The molecule has 2 heterocycles. The van der Waals surface area contributed by atoms with Crippen LogP contribution in [0, 0.1) is 5.92 Å². The van der Waals surface area contributed by atoms with Crippen LogP contribution in [0.2, 0.25) is 0 Å². The third-order valence-corrected chi connectivity index (χ3v) is 3.03. The van der Waals surface area contributed by atoms with E-state index < -0.39 is 0 Å². The summed E-state index contributed by atoms with van der Waals surface area (Å²) in [4.78, 5) is 14.0. The van der Waals surface area contributed by atoms with E-state index in [1.807, 2.05) is 17.0 Å². The second kappa shape index (κ2) is 4.73. The Hall–Kier alpha value is -1.25. The lowest BCUT2D eigenvalue weighted by molar-refractivity contribution is -0.133. The van der Waals surface area contributed by atoms with Gasteiger partial charge in [-0.1, -0.05) is 13.8 Å². The van der Waals surface area contributed by atoms with E-state index in [1.165, 1.54) is 0 Å². The number of carbonyl (C=O) groups is 1. The van der Waals surface area contributed by atoms with Gasteiger partial charge >= 0.3 is 0 Å². The molecule has 1 aromatic rings. The first-order valence-electron chi connectivity index (χ1n) is 6.01. The molecule has 0 N–H and O–H groups in total. The van der Waals surface area contributed by atoms with Crippen LogP contribution in [0.25, 0.3) is 0 Å². The summed E-state index contributed by atoms with van der Waals surface area (Å²) in [6.45, 7) is 5.03. The van der Waals surface area contributed by atoms with E-state index in [9.17, 15) is 4.79 Å². The second-order valence-electron chi connectivity index (χ2n) is 4.86. The normalized spacial score (nSPS) is 20.7. The molecule has 1 aromatic heterocycles. The predicted octanol–water partition coefficient (Wildman–Crippen LogP) is 2.99. The van der Waals surface area contributed by atoms with Crippen molar-refractivity contribution in [1.82, 2.24) is 4.90 Å². The van der Waals surface area contributed by atoms with Crippen LogP contribution >= 0.6 is 0 Å². The van der Waals surface area contributed by atoms with Gasteiger partial charge in [-0.15, -0.1) is 0 Å². The Morgan fingerprint density at radius 1 is 1.62 bits per heavy atom. The zero-order valence-corrected chi connectivity index (χ0v) is 9.98. The third-order valence-electron chi connectivity index (χ3n) is 3.03. The van der Waals surface area contributed by atoms with Crippen LogP contribution in [0.3, 0.4) is 0 Å². The molecule has 2 rings (SSSR count). The molecule has 0 spiro atoms. The average Bonchev–Trinajstić information content (AvgIpc) is 2.87. The van der Waals surface area contributed by atoms with E-state index in [1.54, 1.807) is 6.26 Å². The predicted molar refractivity (Wildman–Crippen MR) is 61.9 cm³/mol. The topological polar surface area (TPSA) is 33.5 Å². The first kappa shape index (κ1) is 11.2. The van der Waals surface area contributed by atoms with Crippen LogP contribution in [0.4, 0.5) is 0 Å². The molecule has 0 bridgehead atoms. The highest BCUT2D eigenvalue weighted by molar-refractivity contribution is 5.77. The number of hydrogen-bond donors (Lipinski definition) is 0. The Morgan fingerprint density at radius 3 is 3.06 bits per heavy atom. The van der Waals surface area contributed by atoms with Crippen molar-refractivity contribution in [2.24, 2.45) is 5.92 Å². The molecule has 1 aliphatic rings. The maximum absolute atomic E-state index is 12.0. The number of hydrogen-bond acceptors (Lipinski definition) is 2. The molecule has 1 amide bonds. The summed E-state index contributed by atoms with van der Waals surface area (Å²) >= 11 is 0. The molecule has 1 atom stereocenters. The van der Waals surface area contributed by atoms with E-state index >= 15 is 0 Å². The fourth-order valence-corrected chi connectivity index (χ4v) is 2.31. The standard InChI is InChI=1S/C13H19NO2/c1-10(2)9-13(15)14-7-3-5-11(14)12-6-4-8-16-12/h4,6,8,10-11H,3,5,7,9H2,1-2H3/t11-/m0/s1. The molecule has 3 nitrogen and oxygen atoms in total. The highest BCUT2D eigenvalue weighted by atomic mass is 16.3. The smallest absolute Gasteiger partial charge is 0.223 e. The number of rotatable bonds is 3. The van der Waals surface area contributed by atoms with Gasteiger partial charge in [-0.25, -0.2) is 0 Å². The highest BCUT2D eigenvalue weighted by Gasteiger charge is 2.31. The Labute approximate surface area is 96.4 Å². The van der Waals surface area contributed by atoms with E-state index in [0.717, 1.165) is 25.1 Å². The maximum atomic E-state index is 12.0. The molecule has 1 fully saturated rings. The van der Waals surface area contributed by atoms with E-state index in [4.69, 9.17) is 4.42 Å². The van der Waals surface area contributed by atoms with Gasteiger partial charge in [0, 0.05) is 13.0 Å². The van der Waals surface area contributed by atoms with Crippen molar-refractivity contribution in [2.45, 2.75) is 39.2 Å². The number of amides is 1. The Morgan fingerprint density at radius 2 is 2.44 bits per heavy atom. The van der Waals surface area contributed by atoms with E-state index in [0.29, 0.717) is 12.3 Å². The number of furan rings is 1. The summed E-state index contributed by atoms with van der Waals surface area (Å²) in [5.41, 5.74) is 0. The van der Waals surface area contributed by atoms with Gasteiger partial charge in [-0.3, -0.25) is 4.79 Å². The zero-order valence-electron chi connectivity index (χ0n) is 9.98. The molecule has 0 unspecified atom stereocenters. The lowest BCUT2D eigenvalue weighted by Gasteiger charge is -2.23. The summed E-state index contributed by atoms with van der Waals surface area (Å²) in [5.74, 6) is 1.61. The second-order valence-corrected chi connectivity index (χ2v) is 4.86. The monoisotopic (exact) mass is 221 g/mol. The van der Waals surface area contributed by atoms with Gasteiger partial charge in [0.2, 0.25) is 5.91 Å². The SMILES string of the molecule is CC(C)CC(=O)N1CCC[C@H]1c1ccco1. The summed E-state index contributed by atoms with van der Waals surface area (Å²) in [6.07, 6.45) is 4.42. The molecule has 1 aliphatic heterocycles. The molecule has 16 heavy (non-hydrogen) atoms. The zero-order chi connectivity index (χ0) is 11.5. The van der Waals surface area contributed by atoms with Crippen molar-refractivity contribution in [3.05, 3.63) is 24.2 Å². The van der Waals surface area contributed by atoms with E-state index in [2.05, 4.69) is 13.8 Å². The maximum Gasteiger partial charge on any atom is 0.223 e. The average molecular weight is 221 g/mol. The molecule has 0 aliphatic carbocycles. The van der Waals surface area contributed by atoms with Crippen molar-refractivity contribution in [1.29, 1.82) is 0 Å². The Kier molecular flexibility index (Phi) is 3.32. The third kappa shape index (κ3) is 2.29. The largest absolute Gasteiger partial charge is 0.467 e. The number of nitrogens with zero attached hydrogens (tertiary/aromatic N) is 1. The fourth-order valence-electron chi connectivity index (χ4n) is 2.31. The van der Waals surface area contributed by atoms with Gasteiger partial charge in [0.15, 0.2) is 0 Å². The number of carbonyl (C=O) groups excluding carboxylic acids is 1. The summed E-state index contributed by atoms with van der Waals surface area (Å²) in [7, 11) is 0. The van der Waals surface area contributed by atoms with Gasteiger partial charge in [0.1, 0.15) is 5.76 Å². The minimum Gasteiger partial charge on any atom is -0.467 e. The molecular formula is C13H19NO2. The molecule has 0 aromatic carbocycles. The summed E-state index contributed by atoms with van der Waals surface area (Å²) < 4.78 is 5.41. The quantitative estimate of drug-likeness (QED) is 0.786. The van der Waals surface area contributed by atoms with Gasteiger partial charge in [0.05, 0.1) is 12.3 Å². The molecule has 88 valence electrons. The summed E-state index contributed by atoms with van der Waals surface area (Å²) in [6, 6.07) is 4.02. The van der Waals surface area contributed by atoms with Crippen molar-refractivity contribution >= 4 is 5.91 Å². The fraction of sp³-hybridized carbons (Fsp3) is 0.615. The van der Waals surface area contributed by atoms with Crippen LogP contribution in [-0.2, 0) is 4.79 Å². The lowest BCUT2D eigenvalue weighted by atomic mass is 10.1. The van der Waals surface area contributed by atoms with Crippen LogP contribution in [-0.4, -0.2) is 17.4 Å². The Bertz CT molecular complexity index is 343. The van der Waals surface area contributed by atoms with Gasteiger partial charge in [-0.2, -0.15) is 0 Å². The van der Waals surface area contributed by atoms with Crippen LogP contribution in [0.1, 0.15) is 44.9 Å². The van der Waals surface area contributed by atoms with Crippen LogP contribution in [0.5, 0.6) is 0 Å². The first-order valence-corrected chi connectivity index (χ1v) is 6.01. The van der Waals surface area contributed by atoms with Crippen LogP contribution in [0.15, 0.2) is 22.8 Å². The van der Waals surface area contributed by atoms with Crippen LogP contribution < -0.4 is 0 Å². The summed E-state index contributed by atoms with van der Waals surface area (Å²) in [5, 5.41) is 0. The Balaban J connectivity index is 2.06. The van der Waals surface area contributed by atoms with Gasteiger partial charge in [0.25, 0.3) is 0 Å². The van der Waals surface area contributed by atoms with Gasteiger partial charge < -0.3 is 9.32 Å². The van der Waals surface area contributed by atoms with E-state index in [-0.39, 0.29) is 11.9 Å². The minimum absolute atomic E-state index is 0.168. The van der Waals surface area contributed by atoms with Gasteiger partial charge in [-0.05, 0) is 30.9 Å². The minimum atomic E-state index is 0.168. The number of likely N-dealkylation sites (tertiary alicyclic amines) is 1. The molecule has 0 saturated carbocycles. The first-order chi connectivity index (χ1) is 7.68. The van der Waals surface area contributed by atoms with Crippen molar-refractivity contribution in [2.75, 3.05) is 6.54 Å². The van der Waals surface area contributed by atoms with Crippen molar-refractivity contribution in [3.8, 4) is 0 Å². The highest BCUT2D eigenvalue weighted by Crippen LogP contribution is 2.32. The van der Waals surface area contributed by atoms with Crippen molar-refractivity contribution in [3.63, 3.8) is 0 Å². The molecule has 3 heteroatoms. The lowest BCUT2D eigenvalue weighted by Crippen LogP contribution is -2.31. The molecular weight excluding hydrogens is 202 g/mol.